The summed E-state index contributed by atoms with van der Waals surface area (Å²) in [6.07, 6.45) is 0. The number of carbonyl (C=O) groups excluding carboxylic acids is 1. The van der Waals surface area contributed by atoms with Gasteiger partial charge in [0.15, 0.2) is 0 Å². The summed E-state index contributed by atoms with van der Waals surface area (Å²) in [5.74, 6) is 0.305. The molecular formula is C14H11IO2. The zero-order chi connectivity index (χ0) is 12.3. The largest absolute Gasteiger partial charge is 0.426 e. The van der Waals surface area contributed by atoms with Crippen LogP contribution in [0.1, 0.15) is 6.92 Å². The van der Waals surface area contributed by atoms with Crippen LogP contribution in [0.5, 0.6) is 5.75 Å². The van der Waals surface area contributed by atoms with Gasteiger partial charge in [-0.25, -0.2) is 0 Å². The molecule has 0 amide bonds. The Kier molecular flexibility index (Phi) is 3.78. The van der Waals surface area contributed by atoms with Gasteiger partial charge in [0.25, 0.3) is 0 Å². The summed E-state index contributed by atoms with van der Waals surface area (Å²) in [6.45, 7) is 1.41. The highest BCUT2D eigenvalue weighted by Gasteiger charge is 2.08. The molecule has 0 aromatic heterocycles. The summed E-state index contributed by atoms with van der Waals surface area (Å²) in [5.41, 5.74) is 1.97. The summed E-state index contributed by atoms with van der Waals surface area (Å²) in [6, 6.07) is 15.7. The molecule has 17 heavy (non-hydrogen) atoms. The lowest BCUT2D eigenvalue weighted by molar-refractivity contribution is -0.131. The van der Waals surface area contributed by atoms with Crippen LogP contribution in [-0.4, -0.2) is 5.97 Å². The zero-order valence-electron chi connectivity index (χ0n) is 9.31. The molecule has 0 aliphatic rings. The quantitative estimate of drug-likeness (QED) is 0.472. The number of hydrogen-bond acceptors (Lipinski definition) is 2. The Balaban J connectivity index is 2.50. The van der Waals surface area contributed by atoms with Crippen molar-refractivity contribution < 1.29 is 9.53 Å². The highest BCUT2D eigenvalue weighted by atomic mass is 127. The van der Waals surface area contributed by atoms with E-state index in [0.29, 0.717) is 5.75 Å². The second kappa shape index (κ2) is 5.31. The van der Waals surface area contributed by atoms with Gasteiger partial charge in [0, 0.05) is 16.1 Å². The van der Waals surface area contributed by atoms with Crippen molar-refractivity contribution in [2.24, 2.45) is 0 Å². The van der Waals surface area contributed by atoms with Crippen molar-refractivity contribution in [3.63, 3.8) is 0 Å². The van der Waals surface area contributed by atoms with Gasteiger partial charge in [-0.15, -0.1) is 0 Å². The lowest BCUT2D eigenvalue weighted by Gasteiger charge is -2.09. The van der Waals surface area contributed by atoms with Crippen molar-refractivity contribution in [3.05, 3.63) is 52.1 Å². The van der Waals surface area contributed by atoms with Gasteiger partial charge < -0.3 is 4.74 Å². The maximum absolute atomic E-state index is 11.1. The Morgan fingerprint density at radius 1 is 1.12 bits per heavy atom. The zero-order valence-corrected chi connectivity index (χ0v) is 11.5. The van der Waals surface area contributed by atoms with Crippen LogP contribution in [0.3, 0.4) is 0 Å². The number of esters is 1. The fourth-order valence-electron chi connectivity index (χ4n) is 1.59. The number of carbonyl (C=O) groups is 1. The SMILES string of the molecule is CC(=O)Oc1cc(I)ccc1-c1ccccc1. The first-order valence-electron chi connectivity index (χ1n) is 5.20. The summed E-state index contributed by atoms with van der Waals surface area (Å²) in [4.78, 5) is 11.1. The molecule has 0 radical (unpaired) electrons. The lowest BCUT2D eigenvalue weighted by atomic mass is 10.1. The minimum absolute atomic E-state index is 0.302. The van der Waals surface area contributed by atoms with Gasteiger partial charge in [-0.1, -0.05) is 30.3 Å². The second-order valence-electron chi connectivity index (χ2n) is 3.60. The first-order valence-corrected chi connectivity index (χ1v) is 6.28. The van der Waals surface area contributed by atoms with Crippen molar-refractivity contribution in [1.29, 1.82) is 0 Å². The van der Waals surface area contributed by atoms with Crippen molar-refractivity contribution >= 4 is 28.6 Å². The Hall–Kier alpha value is -1.36. The van der Waals surface area contributed by atoms with E-state index in [2.05, 4.69) is 22.6 Å². The summed E-state index contributed by atoms with van der Waals surface area (Å²) < 4.78 is 6.28. The Labute approximate surface area is 114 Å². The normalized spacial score (nSPS) is 10.0. The molecule has 2 nitrogen and oxygen atoms in total. The van der Waals surface area contributed by atoms with E-state index in [1.807, 2.05) is 48.5 Å². The Morgan fingerprint density at radius 3 is 2.47 bits per heavy atom. The van der Waals surface area contributed by atoms with E-state index in [1.54, 1.807) is 0 Å². The summed E-state index contributed by atoms with van der Waals surface area (Å²) in [5, 5.41) is 0. The lowest BCUT2D eigenvalue weighted by Crippen LogP contribution is -2.02. The number of ether oxygens (including phenoxy) is 1. The summed E-state index contributed by atoms with van der Waals surface area (Å²) >= 11 is 2.20. The highest BCUT2D eigenvalue weighted by molar-refractivity contribution is 14.1. The molecule has 0 spiro atoms. The third-order valence-electron chi connectivity index (χ3n) is 2.28. The molecule has 0 heterocycles. The van der Waals surface area contributed by atoms with Gasteiger partial charge in [0.1, 0.15) is 5.75 Å². The number of hydrogen-bond donors (Lipinski definition) is 0. The topological polar surface area (TPSA) is 26.3 Å². The average molecular weight is 338 g/mol. The molecule has 0 bridgehead atoms. The first-order chi connectivity index (χ1) is 8.16. The molecule has 0 aliphatic heterocycles. The standard InChI is InChI=1S/C14H11IO2/c1-10(16)17-14-9-12(15)7-8-13(14)11-5-3-2-4-6-11/h2-9H,1H3. The fraction of sp³-hybridized carbons (Fsp3) is 0.0714. The van der Waals surface area contributed by atoms with E-state index in [9.17, 15) is 4.79 Å². The number of halogens is 1. The molecule has 2 aromatic carbocycles. The molecule has 2 rings (SSSR count). The third-order valence-corrected chi connectivity index (χ3v) is 2.95. The van der Waals surface area contributed by atoms with Crippen molar-refractivity contribution in [2.45, 2.75) is 6.92 Å². The molecule has 86 valence electrons. The minimum atomic E-state index is -0.302. The van der Waals surface area contributed by atoms with E-state index in [0.717, 1.165) is 14.7 Å². The molecule has 0 saturated heterocycles. The van der Waals surface area contributed by atoms with Crippen molar-refractivity contribution in [3.8, 4) is 16.9 Å². The fourth-order valence-corrected chi connectivity index (χ4v) is 2.05. The predicted octanol–water partition coefficient (Wildman–Crippen LogP) is 3.88. The van der Waals surface area contributed by atoms with Crippen LogP contribution in [0.25, 0.3) is 11.1 Å². The molecule has 0 saturated carbocycles. The maximum atomic E-state index is 11.1. The van der Waals surface area contributed by atoms with Gasteiger partial charge >= 0.3 is 5.97 Å². The Bertz CT molecular complexity index is 535. The van der Waals surface area contributed by atoms with Gasteiger partial charge in [-0.3, -0.25) is 4.79 Å². The van der Waals surface area contributed by atoms with E-state index in [4.69, 9.17) is 4.74 Å². The second-order valence-corrected chi connectivity index (χ2v) is 4.85. The molecule has 2 aromatic rings. The van der Waals surface area contributed by atoms with Gasteiger partial charge in [-0.05, 0) is 46.4 Å². The molecular weight excluding hydrogens is 327 g/mol. The van der Waals surface area contributed by atoms with E-state index in [-0.39, 0.29) is 5.97 Å². The first kappa shape index (κ1) is 12.1. The summed E-state index contributed by atoms with van der Waals surface area (Å²) in [7, 11) is 0. The number of rotatable bonds is 2. The minimum Gasteiger partial charge on any atom is -0.426 e. The molecule has 0 atom stereocenters. The smallest absolute Gasteiger partial charge is 0.308 e. The predicted molar refractivity (Wildman–Crippen MR) is 75.9 cm³/mol. The van der Waals surface area contributed by atoms with Crippen molar-refractivity contribution in [2.75, 3.05) is 0 Å². The molecule has 0 N–H and O–H groups in total. The maximum Gasteiger partial charge on any atom is 0.308 e. The van der Waals surface area contributed by atoms with E-state index < -0.39 is 0 Å². The highest BCUT2D eigenvalue weighted by Crippen LogP contribution is 2.31. The van der Waals surface area contributed by atoms with Gasteiger partial charge in [0.2, 0.25) is 0 Å². The van der Waals surface area contributed by atoms with Crippen LogP contribution in [-0.2, 0) is 4.79 Å². The van der Waals surface area contributed by atoms with Crippen LogP contribution in [0.2, 0.25) is 0 Å². The van der Waals surface area contributed by atoms with E-state index in [1.165, 1.54) is 6.92 Å². The Morgan fingerprint density at radius 2 is 1.82 bits per heavy atom. The monoisotopic (exact) mass is 338 g/mol. The van der Waals surface area contributed by atoms with Crippen LogP contribution >= 0.6 is 22.6 Å². The van der Waals surface area contributed by atoms with Crippen LogP contribution in [0, 0.1) is 3.57 Å². The molecule has 0 unspecified atom stereocenters. The molecule has 3 heteroatoms. The van der Waals surface area contributed by atoms with Gasteiger partial charge in [-0.2, -0.15) is 0 Å². The average Bonchev–Trinajstić information content (AvgIpc) is 2.29. The van der Waals surface area contributed by atoms with Crippen LogP contribution < -0.4 is 4.74 Å². The van der Waals surface area contributed by atoms with Gasteiger partial charge in [0.05, 0.1) is 0 Å². The van der Waals surface area contributed by atoms with Crippen LogP contribution in [0.15, 0.2) is 48.5 Å². The number of benzene rings is 2. The van der Waals surface area contributed by atoms with Crippen LogP contribution in [0.4, 0.5) is 0 Å². The third kappa shape index (κ3) is 3.06. The molecule has 0 fully saturated rings. The van der Waals surface area contributed by atoms with Crippen molar-refractivity contribution in [1.82, 2.24) is 0 Å². The molecule has 0 aliphatic carbocycles. The van der Waals surface area contributed by atoms with E-state index >= 15 is 0 Å².